The van der Waals surface area contributed by atoms with E-state index in [1.54, 1.807) is 0 Å². The van der Waals surface area contributed by atoms with E-state index in [0.717, 1.165) is 18.9 Å². The van der Waals surface area contributed by atoms with Gasteiger partial charge < -0.3 is 11.1 Å². The third kappa shape index (κ3) is 3.70. The standard InChI is InChI=1S/C14H16F4N2O.ClH/c15-11-4-3-9(7-10(11)14(16,17)18)20-12(21)13(8-19)5-1-2-6-13;/h3-4,7H,1-2,5-6,8,19H2,(H,20,21);1H. The van der Waals surface area contributed by atoms with E-state index in [1.165, 1.54) is 0 Å². The van der Waals surface area contributed by atoms with Gasteiger partial charge in [-0.05, 0) is 31.0 Å². The Bertz CT molecular complexity index is 542. The van der Waals surface area contributed by atoms with Crippen LogP contribution in [0.4, 0.5) is 23.2 Å². The van der Waals surface area contributed by atoms with Gasteiger partial charge in [0.15, 0.2) is 0 Å². The minimum Gasteiger partial charge on any atom is -0.329 e. The van der Waals surface area contributed by atoms with E-state index in [9.17, 15) is 22.4 Å². The zero-order chi connectivity index (χ0) is 15.7. The van der Waals surface area contributed by atoms with E-state index in [2.05, 4.69) is 5.32 Å². The van der Waals surface area contributed by atoms with Crippen LogP contribution < -0.4 is 11.1 Å². The molecule has 0 atom stereocenters. The van der Waals surface area contributed by atoms with Crippen LogP contribution in [0.15, 0.2) is 18.2 Å². The van der Waals surface area contributed by atoms with Gasteiger partial charge in [0.1, 0.15) is 5.82 Å². The second-order valence-corrected chi connectivity index (χ2v) is 5.34. The fourth-order valence-electron chi connectivity index (χ4n) is 2.66. The molecule has 0 aromatic heterocycles. The van der Waals surface area contributed by atoms with Crippen molar-refractivity contribution in [3.05, 3.63) is 29.6 Å². The topological polar surface area (TPSA) is 55.1 Å². The van der Waals surface area contributed by atoms with Crippen LogP contribution in [-0.2, 0) is 11.0 Å². The molecule has 0 bridgehead atoms. The van der Waals surface area contributed by atoms with Crippen molar-refractivity contribution in [3.63, 3.8) is 0 Å². The third-order valence-corrected chi connectivity index (χ3v) is 3.96. The number of hydrogen-bond donors (Lipinski definition) is 2. The van der Waals surface area contributed by atoms with Crippen molar-refractivity contribution in [2.45, 2.75) is 31.9 Å². The zero-order valence-electron chi connectivity index (χ0n) is 11.7. The summed E-state index contributed by atoms with van der Waals surface area (Å²) in [5.74, 6) is -1.77. The minimum absolute atomic E-state index is 0. The van der Waals surface area contributed by atoms with Crippen molar-refractivity contribution >= 4 is 24.0 Å². The van der Waals surface area contributed by atoms with Gasteiger partial charge in [0, 0.05) is 12.2 Å². The van der Waals surface area contributed by atoms with E-state index in [0.29, 0.717) is 25.0 Å². The first-order chi connectivity index (χ1) is 9.78. The molecule has 0 spiro atoms. The molecule has 3 N–H and O–H groups in total. The van der Waals surface area contributed by atoms with E-state index in [-0.39, 0.29) is 24.6 Å². The molecule has 1 aromatic rings. The lowest BCUT2D eigenvalue weighted by atomic mass is 9.85. The lowest BCUT2D eigenvalue weighted by Gasteiger charge is -2.25. The van der Waals surface area contributed by atoms with Gasteiger partial charge in [-0.25, -0.2) is 4.39 Å². The predicted octanol–water partition coefficient (Wildman–Crippen LogP) is 3.72. The molecule has 8 heteroatoms. The largest absolute Gasteiger partial charge is 0.419 e. The maximum absolute atomic E-state index is 13.2. The molecular formula is C14H17ClF4N2O. The summed E-state index contributed by atoms with van der Waals surface area (Å²) in [6.07, 6.45) is -1.85. The summed E-state index contributed by atoms with van der Waals surface area (Å²) in [6.45, 7) is 0.145. The number of benzene rings is 1. The van der Waals surface area contributed by atoms with Gasteiger partial charge in [-0.3, -0.25) is 4.79 Å². The maximum Gasteiger partial charge on any atom is 0.419 e. The molecule has 22 heavy (non-hydrogen) atoms. The summed E-state index contributed by atoms with van der Waals surface area (Å²) in [6, 6.07) is 2.41. The van der Waals surface area contributed by atoms with Crippen LogP contribution in [0.2, 0.25) is 0 Å². The van der Waals surface area contributed by atoms with Crippen LogP contribution >= 0.6 is 12.4 Å². The maximum atomic E-state index is 13.2. The van der Waals surface area contributed by atoms with Gasteiger partial charge in [-0.1, -0.05) is 12.8 Å². The van der Waals surface area contributed by atoms with Gasteiger partial charge in [0.05, 0.1) is 11.0 Å². The molecule has 124 valence electrons. The lowest BCUT2D eigenvalue weighted by Crippen LogP contribution is -2.40. The van der Waals surface area contributed by atoms with E-state index in [4.69, 9.17) is 5.73 Å². The molecular weight excluding hydrogens is 324 g/mol. The normalized spacial score (nSPS) is 17.0. The summed E-state index contributed by atoms with van der Waals surface area (Å²) in [4.78, 5) is 12.2. The van der Waals surface area contributed by atoms with Crippen molar-refractivity contribution in [1.82, 2.24) is 0 Å². The molecule has 0 aliphatic heterocycles. The zero-order valence-corrected chi connectivity index (χ0v) is 12.5. The third-order valence-electron chi connectivity index (χ3n) is 3.96. The Labute approximate surface area is 131 Å². The Morgan fingerprint density at radius 2 is 1.86 bits per heavy atom. The molecule has 0 saturated heterocycles. The number of nitrogens with two attached hydrogens (primary N) is 1. The molecule has 1 aromatic carbocycles. The van der Waals surface area contributed by atoms with Crippen LogP contribution in [0.25, 0.3) is 0 Å². The van der Waals surface area contributed by atoms with E-state index in [1.807, 2.05) is 0 Å². The highest BCUT2D eigenvalue weighted by Crippen LogP contribution is 2.39. The van der Waals surface area contributed by atoms with Gasteiger partial charge in [0.25, 0.3) is 0 Å². The van der Waals surface area contributed by atoms with Crippen LogP contribution in [0.1, 0.15) is 31.2 Å². The fourth-order valence-corrected chi connectivity index (χ4v) is 2.66. The summed E-state index contributed by atoms with van der Waals surface area (Å²) >= 11 is 0. The molecule has 0 heterocycles. The van der Waals surface area contributed by atoms with Crippen molar-refractivity contribution in [1.29, 1.82) is 0 Å². The monoisotopic (exact) mass is 340 g/mol. The summed E-state index contributed by atoms with van der Waals surface area (Å²) in [5.41, 5.74) is 3.45. The molecule has 0 radical (unpaired) electrons. The number of carbonyl (C=O) groups excluding carboxylic acids is 1. The van der Waals surface area contributed by atoms with Gasteiger partial charge in [-0.2, -0.15) is 13.2 Å². The number of amides is 1. The Morgan fingerprint density at radius 1 is 1.27 bits per heavy atom. The number of rotatable bonds is 3. The lowest BCUT2D eigenvalue weighted by molar-refractivity contribution is -0.140. The van der Waals surface area contributed by atoms with E-state index < -0.39 is 28.9 Å². The first-order valence-electron chi connectivity index (χ1n) is 6.67. The number of halogens is 5. The van der Waals surface area contributed by atoms with Crippen molar-refractivity contribution < 1.29 is 22.4 Å². The Balaban J connectivity index is 0.00000242. The van der Waals surface area contributed by atoms with Gasteiger partial charge in [-0.15, -0.1) is 12.4 Å². The number of anilines is 1. The Morgan fingerprint density at radius 3 is 2.36 bits per heavy atom. The molecule has 1 amide bonds. The van der Waals surface area contributed by atoms with Gasteiger partial charge in [0.2, 0.25) is 5.91 Å². The molecule has 1 fully saturated rings. The highest BCUT2D eigenvalue weighted by molar-refractivity contribution is 5.95. The first-order valence-corrected chi connectivity index (χ1v) is 6.67. The molecule has 0 unspecified atom stereocenters. The minimum atomic E-state index is -4.80. The van der Waals surface area contributed by atoms with E-state index >= 15 is 0 Å². The molecule has 1 aliphatic carbocycles. The van der Waals surface area contributed by atoms with Crippen molar-refractivity contribution in [2.75, 3.05) is 11.9 Å². The quantitative estimate of drug-likeness (QED) is 0.824. The second-order valence-electron chi connectivity index (χ2n) is 5.34. The van der Waals surface area contributed by atoms with Crippen molar-refractivity contribution in [3.8, 4) is 0 Å². The molecule has 3 nitrogen and oxygen atoms in total. The summed E-state index contributed by atoms with van der Waals surface area (Å²) < 4.78 is 51.1. The molecule has 2 rings (SSSR count). The fraction of sp³-hybridized carbons (Fsp3) is 0.500. The number of hydrogen-bond acceptors (Lipinski definition) is 2. The molecule has 1 aliphatic rings. The van der Waals surface area contributed by atoms with Crippen LogP contribution in [0, 0.1) is 11.2 Å². The second kappa shape index (κ2) is 6.83. The Hall–Kier alpha value is -1.34. The predicted molar refractivity (Wildman–Crippen MR) is 77.2 cm³/mol. The first kappa shape index (κ1) is 18.7. The van der Waals surface area contributed by atoms with Crippen LogP contribution in [0.5, 0.6) is 0 Å². The number of carbonyl (C=O) groups is 1. The van der Waals surface area contributed by atoms with Crippen LogP contribution in [0.3, 0.4) is 0 Å². The Kier molecular flexibility index (Phi) is 5.81. The van der Waals surface area contributed by atoms with Crippen LogP contribution in [-0.4, -0.2) is 12.5 Å². The SMILES string of the molecule is Cl.NCC1(C(=O)Nc2ccc(F)c(C(F)(F)F)c2)CCCC1. The highest BCUT2D eigenvalue weighted by Gasteiger charge is 2.40. The average Bonchev–Trinajstić information content (AvgIpc) is 2.89. The molecule has 1 saturated carbocycles. The highest BCUT2D eigenvalue weighted by atomic mass is 35.5. The summed E-state index contributed by atoms with van der Waals surface area (Å²) in [7, 11) is 0. The van der Waals surface area contributed by atoms with Crippen molar-refractivity contribution in [2.24, 2.45) is 11.1 Å². The summed E-state index contributed by atoms with van der Waals surface area (Å²) in [5, 5.41) is 2.43. The number of nitrogens with one attached hydrogen (secondary N) is 1. The van der Waals surface area contributed by atoms with Gasteiger partial charge >= 0.3 is 6.18 Å². The number of alkyl halides is 3. The average molecular weight is 341 g/mol. The smallest absolute Gasteiger partial charge is 0.329 e.